The number of hydrogen-bond donors (Lipinski definition) is 0. The lowest BCUT2D eigenvalue weighted by Gasteiger charge is -2.19. The van der Waals surface area contributed by atoms with Crippen LogP contribution in [0.4, 0.5) is 0 Å². The van der Waals surface area contributed by atoms with Crippen LogP contribution in [-0.2, 0) is 4.74 Å². The molecule has 1 saturated heterocycles. The van der Waals surface area contributed by atoms with Gasteiger partial charge in [0.1, 0.15) is 12.2 Å². The predicted octanol–water partition coefficient (Wildman–Crippen LogP) is 3.03. The van der Waals surface area contributed by atoms with Gasteiger partial charge in [-0.1, -0.05) is 24.3 Å². The summed E-state index contributed by atoms with van der Waals surface area (Å²) >= 11 is 12.3. The molecule has 2 aliphatic heterocycles. The highest BCUT2D eigenvalue weighted by Crippen LogP contribution is 2.54. The van der Waals surface area contributed by atoms with Crippen molar-refractivity contribution in [1.82, 2.24) is 0 Å². The Kier molecular flexibility index (Phi) is 1.64. The van der Waals surface area contributed by atoms with Crippen molar-refractivity contribution in [1.29, 1.82) is 0 Å². The van der Waals surface area contributed by atoms with Crippen molar-refractivity contribution in [2.45, 2.75) is 23.0 Å². The minimum atomic E-state index is -0.0819. The van der Waals surface area contributed by atoms with Crippen molar-refractivity contribution in [3.8, 4) is 0 Å². The van der Waals surface area contributed by atoms with Gasteiger partial charge in [0.15, 0.2) is 0 Å². The Hall–Kier alpha value is -0.240. The van der Waals surface area contributed by atoms with Gasteiger partial charge in [-0.3, -0.25) is 0 Å². The van der Waals surface area contributed by atoms with E-state index < -0.39 is 0 Å². The SMILES string of the molecule is ClC1C2OC(c3ccccc32)C1Cl. The zero-order valence-electron chi connectivity index (χ0n) is 6.78. The first-order valence-electron chi connectivity index (χ1n) is 4.31. The highest BCUT2D eigenvalue weighted by atomic mass is 35.5. The van der Waals surface area contributed by atoms with Crippen molar-refractivity contribution < 1.29 is 4.74 Å². The van der Waals surface area contributed by atoms with Crippen molar-refractivity contribution in [2.24, 2.45) is 0 Å². The molecule has 0 radical (unpaired) electrons. The zero-order valence-corrected chi connectivity index (χ0v) is 8.29. The van der Waals surface area contributed by atoms with Gasteiger partial charge in [-0.2, -0.15) is 0 Å². The third-order valence-corrected chi connectivity index (χ3v) is 3.91. The maximum Gasteiger partial charge on any atom is 0.102 e. The average Bonchev–Trinajstić information content (AvgIpc) is 2.66. The van der Waals surface area contributed by atoms with Crippen LogP contribution in [0.2, 0.25) is 0 Å². The van der Waals surface area contributed by atoms with E-state index in [1.165, 1.54) is 11.1 Å². The van der Waals surface area contributed by atoms with E-state index in [-0.39, 0.29) is 23.0 Å². The summed E-state index contributed by atoms with van der Waals surface area (Å²) in [4.78, 5) is 0. The molecule has 0 N–H and O–H groups in total. The number of rotatable bonds is 0. The number of hydrogen-bond acceptors (Lipinski definition) is 1. The van der Waals surface area contributed by atoms with Crippen LogP contribution in [0.3, 0.4) is 0 Å². The Bertz CT molecular complexity index is 320. The molecule has 3 heteroatoms. The van der Waals surface area contributed by atoms with Gasteiger partial charge in [0.2, 0.25) is 0 Å². The van der Waals surface area contributed by atoms with Crippen molar-refractivity contribution in [3.05, 3.63) is 35.4 Å². The van der Waals surface area contributed by atoms with E-state index in [1.54, 1.807) is 0 Å². The van der Waals surface area contributed by atoms with Crippen LogP contribution in [0.25, 0.3) is 0 Å². The summed E-state index contributed by atoms with van der Waals surface area (Å²) in [6, 6.07) is 8.15. The molecule has 4 atom stereocenters. The molecule has 1 aromatic rings. The maximum atomic E-state index is 6.13. The van der Waals surface area contributed by atoms with Crippen LogP contribution in [0.15, 0.2) is 24.3 Å². The van der Waals surface area contributed by atoms with Crippen LogP contribution in [-0.4, -0.2) is 10.8 Å². The molecular weight excluding hydrogens is 207 g/mol. The Balaban J connectivity index is 2.16. The van der Waals surface area contributed by atoms with Crippen LogP contribution in [0.5, 0.6) is 0 Å². The zero-order chi connectivity index (χ0) is 9.00. The summed E-state index contributed by atoms with van der Waals surface area (Å²) in [6.45, 7) is 0. The number of alkyl halides is 2. The third-order valence-electron chi connectivity index (χ3n) is 2.78. The molecule has 4 unspecified atom stereocenters. The molecule has 1 aromatic carbocycles. The molecule has 68 valence electrons. The molecule has 0 aromatic heterocycles. The molecular formula is C10H8Cl2O. The van der Waals surface area contributed by atoms with E-state index in [2.05, 4.69) is 12.1 Å². The highest BCUT2D eigenvalue weighted by Gasteiger charge is 2.50. The molecule has 0 saturated carbocycles. The minimum absolute atomic E-state index is 0.00497. The molecule has 3 rings (SSSR count). The van der Waals surface area contributed by atoms with Crippen LogP contribution >= 0.6 is 23.2 Å². The van der Waals surface area contributed by atoms with E-state index in [4.69, 9.17) is 27.9 Å². The largest absolute Gasteiger partial charge is 0.362 e. The maximum absolute atomic E-state index is 6.13. The first-order valence-corrected chi connectivity index (χ1v) is 5.19. The normalized spacial score (nSPS) is 40.8. The summed E-state index contributed by atoms with van der Waals surface area (Å²) in [5.41, 5.74) is 2.42. The molecule has 0 spiro atoms. The van der Waals surface area contributed by atoms with E-state index in [9.17, 15) is 0 Å². The van der Waals surface area contributed by atoms with Crippen molar-refractivity contribution >= 4 is 23.2 Å². The Labute approximate surface area is 86.6 Å². The second kappa shape index (κ2) is 2.63. The number of halogens is 2. The summed E-state index contributed by atoms with van der Waals surface area (Å²) in [7, 11) is 0. The molecule has 1 nitrogen and oxygen atoms in total. The molecule has 2 aliphatic rings. The molecule has 2 bridgehead atoms. The number of benzene rings is 1. The summed E-state index contributed by atoms with van der Waals surface area (Å²) < 4.78 is 5.70. The van der Waals surface area contributed by atoms with Crippen LogP contribution in [0, 0.1) is 0 Å². The summed E-state index contributed by atoms with van der Waals surface area (Å²) in [5.74, 6) is 0. The smallest absolute Gasteiger partial charge is 0.102 e. The lowest BCUT2D eigenvalue weighted by molar-refractivity contribution is 0.0731. The van der Waals surface area contributed by atoms with E-state index in [0.29, 0.717) is 0 Å². The molecule has 2 heterocycles. The molecule has 13 heavy (non-hydrogen) atoms. The monoisotopic (exact) mass is 214 g/mol. The number of fused-ring (bicyclic) bond motifs is 5. The first-order chi connectivity index (χ1) is 6.29. The van der Waals surface area contributed by atoms with Crippen LogP contribution < -0.4 is 0 Å². The lowest BCUT2D eigenvalue weighted by atomic mass is 9.91. The van der Waals surface area contributed by atoms with Crippen LogP contribution in [0.1, 0.15) is 23.3 Å². The van der Waals surface area contributed by atoms with Crippen molar-refractivity contribution in [3.63, 3.8) is 0 Å². The Morgan fingerprint density at radius 2 is 1.38 bits per heavy atom. The quantitative estimate of drug-likeness (QED) is 0.604. The van der Waals surface area contributed by atoms with E-state index >= 15 is 0 Å². The van der Waals surface area contributed by atoms with Gasteiger partial charge in [-0.05, 0) is 11.1 Å². The van der Waals surface area contributed by atoms with E-state index in [0.717, 1.165) is 0 Å². The van der Waals surface area contributed by atoms with Gasteiger partial charge < -0.3 is 4.74 Å². The van der Waals surface area contributed by atoms with Gasteiger partial charge >= 0.3 is 0 Å². The van der Waals surface area contributed by atoms with Gasteiger partial charge in [-0.15, -0.1) is 23.2 Å². The molecule has 0 aliphatic carbocycles. The lowest BCUT2D eigenvalue weighted by Crippen LogP contribution is -2.22. The third kappa shape index (κ3) is 0.927. The van der Waals surface area contributed by atoms with E-state index in [1.807, 2.05) is 12.1 Å². The Morgan fingerprint density at radius 1 is 0.923 bits per heavy atom. The molecule has 1 fully saturated rings. The topological polar surface area (TPSA) is 9.23 Å². The predicted molar refractivity (Wildman–Crippen MR) is 52.3 cm³/mol. The second-order valence-corrected chi connectivity index (χ2v) is 4.50. The summed E-state index contributed by atoms with van der Waals surface area (Å²) in [6.07, 6.45) is 0.00994. The second-order valence-electron chi connectivity index (χ2n) is 3.50. The molecule has 0 amide bonds. The standard InChI is InChI=1S/C10H8Cl2O/c11-7-8(12)10-6-4-2-1-3-5(6)9(7)13-10/h1-4,7-10H. The average molecular weight is 215 g/mol. The summed E-state index contributed by atoms with van der Waals surface area (Å²) in [5, 5.41) is -0.164. The van der Waals surface area contributed by atoms with Gasteiger partial charge in [0.05, 0.1) is 10.8 Å². The van der Waals surface area contributed by atoms with Gasteiger partial charge in [0, 0.05) is 0 Å². The first kappa shape index (κ1) is 8.10. The Morgan fingerprint density at radius 3 is 1.85 bits per heavy atom. The van der Waals surface area contributed by atoms with Gasteiger partial charge in [-0.25, -0.2) is 0 Å². The minimum Gasteiger partial charge on any atom is -0.362 e. The fraction of sp³-hybridized carbons (Fsp3) is 0.400. The fourth-order valence-electron chi connectivity index (χ4n) is 2.16. The highest BCUT2D eigenvalue weighted by molar-refractivity contribution is 6.31. The van der Waals surface area contributed by atoms with Crippen molar-refractivity contribution in [2.75, 3.05) is 0 Å². The number of ether oxygens (including phenoxy) is 1. The fourth-order valence-corrected chi connectivity index (χ4v) is 2.82. The van der Waals surface area contributed by atoms with Gasteiger partial charge in [0.25, 0.3) is 0 Å².